The number of hydrogen-bond acceptors (Lipinski definition) is 4. The molecule has 4 aromatic rings. The van der Waals surface area contributed by atoms with Gasteiger partial charge in [-0.05, 0) is 61.0 Å². The summed E-state index contributed by atoms with van der Waals surface area (Å²) in [4.78, 5) is 17.9. The van der Waals surface area contributed by atoms with Crippen molar-refractivity contribution in [3.8, 4) is 17.1 Å². The zero-order valence-electron chi connectivity index (χ0n) is 17.6. The van der Waals surface area contributed by atoms with Crippen molar-refractivity contribution in [2.75, 3.05) is 19.8 Å². The van der Waals surface area contributed by atoms with Gasteiger partial charge in [-0.2, -0.15) is 0 Å². The van der Waals surface area contributed by atoms with Crippen molar-refractivity contribution in [3.05, 3.63) is 92.7 Å². The van der Waals surface area contributed by atoms with E-state index in [1.807, 2.05) is 55.5 Å². The molecule has 7 heteroatoms. The summed E-state index contributed by atoms with van der Waals surface area (Å²) in [5.74, 6) is 1.21. The highest BCUT2D eigenvalue weighted by atomic mass is 35.5. The first-order chi connectivity index (χ1) is 15.5. The van der Waals surface area contributed by atoms with Gasteiger partial charge in [0.2, 0.25) is 0 Å². The molecule has 4 rings (SSSR count). The Bertz CT molecular complexity index is 1290. The highest BCUT2D eigenvalue weighted by molar-refractivity contribution is 6.32. The summed E-state index contributed by atoms with van der Waals surface area (Å²) >= 11 is 12.2. The first-order valence-electron chi connectivity index (χ1n) is 10.2. The number of aromatic nitrogens is 2. The van der Waals surface area contributed by atoms with Gasteiger partial charge in [-0.25, -0.2) is 4.98 Å². The van der Waals surface area contributed by atoms with Crippen molar-refractivity contribution in [1.82, 2.24) is 9.55 Å². The molecule has 0 unspecified atom stereocenters. The zero-order valence-corrected chi connectivity index (χ0v) is 19.1. The lowest BCUT2D eigenvalue weighted by atomic mass is 10.2. The minimum Gasteiger partial charge on any atom is -0.490 e. The fourth-order valence-electron chi connectivity index (χ4n) is 3.39. The van der Waals surface area contributed by atoms with Gasteiger partial charge in [-0.1, -0.05) is 41.4 Å². The van der Waals surface area contributed by atoms with Crippen LogP contribution in [0.2, 0.25) is 10.0 Å². The number of benzene rings is 3. The molecule has 0 saturated carbocycles. The molecule has 0 aliphatic carbocycles. The van der Waals surface area contributed by atoms with E-state index in [0.717, 1.165) is 11.1 Å². The highest BCUT2D eigenvalue weighted by Gasteiger charge is 2.13. The van der Waals surface area contributed by atoms with E-state index in [9.17, 15) is 4.79 Å². The second-order valence-corrected chi connectivity index (χ2v) is 8.15. The van der Waals surface area contributed by atoms with Crippen LogP contribution in [0.25, 0.3) is 22.3 Å². The van der Waals surface area contributed by atoms with Crippen LogP contribution in [0.1, 0.15) is 5.56 Å². The number of fused-ring (bicyclic) bond motifs is 1. The summed E-state index contributed by atoms with van der Waals surface area (Å²) in [6.45, 7) is 3.40. The van der Waals surface area contributed by atoms with Crippen LogP contribution in [0.4, 0.5) is 0 Å². The van der Waals surface area contributed by atoms with Gasteiger partial charge in [0.25, 0.3) is 5.56 Å². The van der Waals surface area contributed by atoms with E-state index in [2.05, 4.69) is 0 Å². The Balaban J connectivity index is 1.46. The number of nitrogens with zero attached hydrogens (tertiary/aromatic N) is 2. The molecule has 0 saturated heterocycles. The molecule has 0 fully saturated rings. The van der Waals surface area contributed by atoms with E-state index in [4.69, 9.17) is 37.7 Å². The molecule has 0 amide bonds. The molecule has 0 spiro atoms. The molecule has 32 heavy (non-hydrogen) atoms. The van der Waals surface area contributed by atoms with Crippen LogP contribution < -0.4 is 10.3 Å². The van der Waals surface area contributed by atoms with Crippen molar-refractivity contribution in [3.63, 3.8) is 0 Å². The summed E-state index contributed by atoms with van der Waals surface area (Å²) in [7, 11) is 0. The van der Waals surface area contributed by atoms with Crippen molar-refractivity contribution >= 4 is 34.1 Å². The third kappa shape index (κ3) is 5.13. The maximum atomic E-state index is 13.2. The smallest absolute Gasteiger partial charge is 0.261 e. The van der Waals surface area contributed by atoms with Crippen molar-refractivity contribution in [2.24, 2.45) is 0 Å². The number of hydrogen-bond donors (Lipinski definition) is 0. The lowest BCUT2D eigenvalue weighted by molar-refractivity contribution is 0.0941. The molecule has 1 heterocycles. The van der Waals surface area contributed by atoms with Crippen LogP contribution in [-0.4, -0.2) is 29.4 Å². The molecular weight excluding hydrogens is 447 g/mol. The predicted molar refractivity (Wildman–Crippen MR) is 129 cm³/mol. The Kier molecular flexibility index (Phi) is 7.10. The Morgan fingerprint density at radius 1 is 0.938 bits per heavy atom. The van der Waals surface area contributed by atoms with Crippen molar-refractivity contribution < 1.29 is 9.47 Å². The Morgan fingerprint density at radius 3 is 2.50 bits per heavy atom. The fourth-order valence-corrected chi connectivity index (χ4v) is 3.80. The zero-order chi connectivity index (χ0) is 22.5. The van der Waals surface area contributed by atoms with Gasteiger partial charge in [0.1, 0.15) is 18.2 Å². The van der Waals surface area contributed by atoms with Gasteiger partial charge >= 0.3 is 0 Å². The maximum absolute atomic E-state index is 13.2. The van der Waals surface area contributed by atoms with Crippen LogP contribution in [-0.2, 0) is 11.3 Å². The standard InChI is InChI=1S/C25H22Cl2N2O3/c1-17-6-11-23(21(27)16-17)32-15-14-31-13-12-29-24(18-7-9-19(26)10-8-18)28-22-5-3-2-4-20(22)25(29)30/h2-11,16H,12-15H2,1H3. The molecule has 0 aliphatic heterocycles. The van der Waals surface area contributed by atoms with Gasteiger partial charge in [0, 0.05) is 10.6 Å². The Morgan fingerprint density at radius 2 is 1.72 bits per heavy atom. The largest absolute Gasteiger partial charge is 0.490 e. The van der Waals surface area contributed by atoms with Crippen LogP contribution in [0, 0.1) is 6.92 Å². The van der Waals surface area contributed by atoms with Crippen molar-refractivity contribution in [2.45, 2.75) is 13.5 Å². The molecule has 0 radical (unpaired) electrons. The molecule has 0 aliphatic rings. The second kappa shape index (κ2) is 10.2. The average Bonchev–Trinajstić information content (AvgIpc) is 2.79. The lowest BCUT2D eigenvalue weighted by Crippen LogP contribution is -2.26. The third-order valence-electron chi connectivity index (χ3n) is 5.00. The van der Waals surface area contributed by atoms with Gasteiger partial charge in [-0.3, -0.25) is 9.36 Å². The number of halogens is 2. The molecular formula is C25H22Cl2N2O3. The first-order valence-corrected chi connectivity index (χ1v) is 11.0. The SMILES string of the molecule is Cc1ccc(OCCOCCn2c(-c3ccc(Cl)cc3)nc3ccccc3c2=O)c(Cl)c1. The van der Waals surface area contributed by atoms with E-state index in [1.54, 1.807) is 22.8 Å². The van der Waals surface area contributed by atoms with E-state index >= 15 is 0 Å². The molecule has 1 aromatic heterocycles. The van der Waals surface area contributed by atoms with Gasteiger partial charge in [-0.15, -0.1) is 0 Å². The molecule has 5 nitrogen and oxygen atoms in total. The summed E-state index contributed by atoms with van der Waals surface area (Å²) in [5, 5.41) is 1.77. The molecule has 0 bridgehead atoms. The fraction of sp³-hybridized carbons (Fsp3) is 0.200. The van der Waals surface area contributed by atoms with Gasteiger partial charge in [0.15, 0.2) is 0 Å². The van der Waals surface area contributed by atoms with Crippen LogP contribution in [0.15, 0.2) is 71.5 Å². The first kappa shape index (κ1) is 22.3. The summed E-state index contributed by atoms with van der Waals surface area (Å²) < 4.78 is 13.0. The van der Waals surface area contributed by atoms with E-state index in [-0.39, 0.29) is 5.56 Å². The third-order valence-corrected chi connectivity index (χ3v) is 5.54. The van der Waals surface area contributed by atoms with E-state index in [1.165, 1.54) is 0 Å². The molecule has 0 N–H and O–H groups in total. The quantitative estimate of drug-likeness (QED) is 0.307. The minimum absolute atomic E-state index is 0.105. The van der Waals surface area contributed by atoms with Crippen molar-refractivity contribution in [1.29, 1.82) is 0 Å². The Labute approximate surface area is 196 Å². The average molecular weight is 469 g/mol. The molecule has 164 valence electrons. The van der Waals surface area contributed by atoms with Crippen LogP contribution >= 0.6 is 23.2 Å². The normalized spacial score (nSPS) is 11.1. The van der Waals surface area contributed by atoms with Gasteiger partial charge < -0.3 is 9.47 Å². The number of ether oxygens (including phenoxy) is 2. The monoisotopic (exact) mass is 468 g/mol. The summed E-state index contributed by atoms with van der Waals surface area (Å²) in [6.07, 6.45) is 0. The number of aryl methyl sites for hydroxylation is 1. The highest BCUT2D eigenvalue weighted by Crippen LogP contribution is 2.25. The summed E-state index contributed by atoms with van der Waals surface area (Å²) in [6, 6.07) is 20.3. The molecule has 0 atom stereocenters. The topological polar surface area (TPSA) is 53.4 Å². The number of para-hydroxylation sites is 1. The molecule has 3 aromatic carbocycles. The number of rotatable bonds is 8. The van der Waals surface area contributed by atoms with E-state index in [0.29, 0.717) is 58.9 Å². The van der Waals surface area contributed by atoms with Crippen LogP contribution in [0.3, 0.4) is 0 Å². The Hall–Kier alpha value is -2.86. The lowest BCUT2D eigenvalue weighted by Gasteiger charge is -2.14. The van der Waals surface area contributed by atoms with Gasteiger partial charge in [0.05, 0.1) is 35.7 Å². The maximum Gasteiger partial charge on any atom is 0.261 e. The predicted octanol–water partition coefficient (Wildman–Crippen LogP) is 5.77. The van der Waals surface area contributed by atoms with E-state index < -0.39 is 0 Å². The van der Waals surface area contributed by atoms with Crippen LogP contribution in [0.5, 0.6) is 5.75 Å². The summed E-state index contributed by atoms with van der Waals surface area (Å²) in [5.41, 5.74) is 2.44. The minimum atomic E-state index is -0.105. The second-order valence-electron chi connectivity index (χ2n) is 7.31.